The Morgan fingerprint density at radius 3 is 2.59 bits per heavy atom. The number of nitrogens with two attached hydrogens (primary N) is 1. The van der Waals surface area contributed by atoms with Gasteiger partial charge in [0.1, 0.15) is 5.75 Å². The van der Waals surface area contributed by atoms with Gasteiger partial charge in [-0.2, -0.15) is 11.8 Å². The Labute approximate surface area is 154 Å². The summed E-state index contributed by atoms with van der Waals surface area (Å²) in [6.45, 7) is 0.724. The molecule has 0 aliphatic carbocycles. The molecule has 0 bridgehead atoms. The number of anilines is 1. The van der Waals surface area contributed by atoms with Crippen LogP contribution in [-0.4, -0.2) is 55.7 Å². The fourth-order valence-corrected chi connectivity index (χ4v) is 3.85. The number of hydrogen-bond donors (Lipinski definition) is 2. The number of methoxy groups -OCH3 is 1. The second-order valence-electron chi connectivity index (χ2n) is 5.48. The van der Waals surface area contributed by atoms with Crippen molar-refractivity contribution in [2.75, 3.05) is 44.6 Å². The average Bonchev–Trinajstić information content (AvgIpc) is 2.96. The first kappa shape index (κ1) is 19.4. The first-order chi connectivity index (χ1) is 10.1. The summed E-state index contributed by atoms with van der Waals surface area (Å²) < 4.78 is 5.13. The van der Waals surface area contributed by atoms with Gasteiger partial charge in [0.15, 0.2) is 5.96 Å². The number of halogens is 1. The smallest absolute Gasteiger partial charge is 0.193 e. The van der Waals surface area contributed by atoms with Crippen molar-refractivity contribution in [2.45, 2.75) is 12.0 Å². The zero-order valence-electron chi connectivity index (χ0n) is 13.3. The normalized spacial score (nSPS) is 21.5. The van der Waals surface area contributed by atoms with Gasteiger partial charge < -0.3 is 20.7 Å². The summed E-state index contributed by atoms with van der Waals surface area (Å²) in [6.07, 6.45) is 1.16. The lowest BCUT2D eigenvalue weighted by atomic mass is 9.98. The van der Waals surface area contributed by atoms with Gasteiger partial charge in [-0.1, -0.05) is 0 Å². The van der Waals surface area contributed by atoms with Gasteiger partial charge in [0.2, 0.25) is 0 Å². The maximum absolute atomic E-state index is 6.00. The molecule has 124 valence electrons. The number of ether oxygens (including phenoxy) is 1. The molecule has 1 aromatic carbocycles. The summed E-state index contributed by atoms with van der Waals surface area (Å²) in [7, 11) is 5.89. The van der Waals surface area contributed by atoms with E-state index < -0.39 is 0 Å². The van der Waals surface area contributed by atoms with Crippen molar-refractivity contribution in [3.63, 3.8) is 0 Å². The summed E-state index contributed by atoms with van der Waals surface area (Å²) in [6, 6.07) is 7.64. The van der Waals surface area contributed by atoms with Crippen LogP contribution in [0.5, 0.6) is 5.75 Å². The molecule has 1 fully saturated rings. The molecule has 22 heavy (non-hydrogen) atoms. The molecule has 1 aliphatic heterocycles. The van der Waals surface area contributed by atoms with Crippen molar-refractivity contribution >= 4 is 47.4 Å². The summed E-state index contributed by atoms with van der Waals surface area (Å²) in [5.74, 6) is 3.59. The second-order valence-corrected chi connectivity index (χ2v) is 6.58. The van der Waals surface area contributed by atoms with Crippen LogP contribution in [0.15, 0.2) is 29.3 Å². The molecule has 1 aliphatic rings. The third kappa shape index (κ3) is 4.92. The van der Waals surface area contributed by atoms with Crippen molar-refractivity contribution in [1.82, 2.24) is 4.90 Å². The largest absolute Gasteiger partial charge is 0.497 e. The van der Waals surface area contributed by atoms with E-state index in [9.17, 15) is 0 Å². The third-order valence-electron chi connectivity index (χ3n) is 3.94. The Kier molecular flexibility index (Phi) is 7.78. The van der Waals surface area contributed by atoms with Crippen molar-refractivity contribution in [3.05, 3.63) is 24.3 Å². The molecule has 2 rings (SSSR count). The molecule has 0 radical (unpaired) electrons. The second kappa shape index (κ2) is 8.83. The molecular formula is C15H25IN4OS. The van der Waals surface area contributed by atoms with E-state index in [0.29, 0.717) is 5.96 Å². The van der Waals surface area contributed by atoms with Crippen LogP contribution in [0.3, 0.4) is 0 Å². The first-order valence-corrected chi connectivity index (χ1v) is 8.17. The van der Waals surface area contributed by atoms with Crippen LogP contribution < -0.4 is 15.8 Å². The SMILES string of the molecule is COc1ccc(NC(N)=NCC2(N(C)C)CCSC2)cc1.I. The van der Waals surface area contributed by atoms with E-state index in [2.05, 4.69) is 29.3 Å². The highest BCUT2D eigenvalue weighted by atomic mass is 127. The predicted molar refractivity (Wildman–Crippen MR) is 107 cm³/mol. The van der Waals surface area contributed by atoms with E-state index in [1.165, 1.54) is 5.75 Å². The van der Waals surface area contributed by atoms with Gasteiger partial charge >= 0.3 is 0 Å². The van der Waals surface area contributed by atoms with Crippen molar-refractivity contribution < 1.29 is 4.74 Å². The van der Waals surface area contributed by atoms with E-state index >= 15 is 0 Å². The Morgan fingerprint density at radius 2 is 2.09 bits per heavy atom. The van der Waals surface area contributed by atoms with Gasteiger partial charge in [0, 0.05) is 17.0 Å². The topological polar surface area (TPSA) is 62.9 Å². The number of nitrogens with zero attached hydrogens (tertiary/aromatic N) is 2. The minimum Gasteiger partial charge on any atom is -0.497 e. The van der Waals surface area contributed by atoms with Gasteiger partial charge in [-0.05, 0) is 50.5 Å². The van der Waals surface area contributed by atoms with Crippen LogP contribution in [0.25, 0.3) is 0 Å². The average molecular weight is 436 g/mol. The molecular weight excluding hydrogens is 411 g/mol. The molecule has 7 heteroatoms. The lowest BCUT2D eigenvalue weighted by molar-refractivity contribution is 0.190. The number of benzene rings is 1. The zero-order chi connectivity index (χ0) is 15.3. The van der Waals surface area contributed by atoms with Gasteiger partial charge in [-0.25, -0.2) is 0 Å². The van der Waals surface area contributed by atoms with E-state index in [1.54, 1.807) is 7.11 Å². The van der Waals surface area contributed by atoms with Crippen molar-refractivity contribution in [2.24, 2.45) is 10.7 Å². The standard InChI is InChI=1S/C15H24N4OS.HI/c1-19(2)15(8-9-21-11-15)10-17-14(16)18-12-4-6-13(20-3)7-5-12;/h4-7H,8-11H2,1-3H3,(H3,16,17,18);1H. The van der Waals surface area contributed by atoms with Crippen molar-refractivity contribution in [1.29, 1.82) is 0 Å². The third-order valence-corrected chi connectivity index (χ3v) is 5.17. The number of nitrogens with one attached hydrogen (secondary N) is 1. The number of aliphatic imine (C=N–C) groups is 1. The summed E-state index contributed by atoms with van der Waals surface area (Å²) in [5, 5.41) is 3.12. The quantitative estimate of drug-likeness (QED) is 0.422. The Balaban J connectivity index is 0.00000242. The molecule has 0 aromatic heterocycles. The zero-order valence-corrected chi connectivity index (χ0v) is 16.5. The molecule has 0 spiro atoms. The molecule has 1 unspecified atom stereocenters. The Morgan fingerprint density at radius 1 is 1.41 bits per heavy atom. The summed E-state index contributed by atoms with van der Waals surface area (Å²) >= 11 is 1.98. The molecule has 1 aromatic rings. The summed E-state index contributed by atoms with van der Waals surface area (Å²) in [5.41, 5.74) is 7.05. The fourth-order valence-electron chi connectivity index (χ4n) is 2.31. The molecule has 1 heterocycles. The van der Waals surface area contributed by atoms with Crippen LogP contribution in [0.4, 0.5) is 5.69 Å². The van der Waals surface area contributed by atoms with Crippen molar-refractivity contribution in [3.8, 4) is 5.75 Å². The maximum atomic E-state index is 6.00. The molecule has 3 N–H and O–H groups in total. The number of rotatable bonds is 5. The van der Waals surface area contributed by atoms with E-state index in [0.717, 1.165) is 30.2 Å². The van der Waals surface area contributed by atoms with Crippen LogP contribution in [0.2, 0.25) is 0 Å². The number of thioether (sulfide) groups is 1. The Bertz CT molecular complexity index is 487. The van der Waals surface area contributed by atoms with Crippen LogP contribution in [0.1, 0.15) is 6.42 Å². The Hall–Kier alpha value is -0.670. The number of likely N-dealkylation sites (N-methyl/N-ethyl adjacent to an activating group) is 1. The first-order valence-electron chi connectivity index (χ1n) is 7.02. The predicted octanol–water partition coefficient (Wildman–Crippen LogP) is 2.48. The molecule has 5 nitrogen and oxygen atoms in total. The van der Waals surface area contributed by atoms with Crippen LogP contribution in [0, 0.1) is 0 Å². The van der Waals surface area contributed by atoms with Crippen LogP contribution in [-0.2, 0) is 0 Å². The molecule has 1 saturated heterocycles. The fraction of sp³-hybridized carbons (Fsp3) is 0.533. The minimum atomic E-state index is 0. The van der Waals surface area contributed by atoms with E-state index in [4.69, 9.17) is 10.5 Å². The highest BCUT2D eigenvalue weighted by Gasteiger charge is 2.36. The lowest BCUT2D eigenvalue weighted by Crippen LogP contribution is -2.47. The lowest BCUT2D eigenvalue weighted by Gasteiger charge is -2.34. The molecule has 0 amide bonds. The molecule has 0 saturated carbocycles. The van der Waals surface area contributed by atoms with Gasteiger partial charge in [-0.3, -0.25) is 4.99 Å². The number of guanidine groups is 1. The minimum absolute atomic E-state index is 0. The van der Waals surface area contributed by atoms with Gasteiger partial charge in [0.25, 0.3) is 0 Å². The monoisotopic (exact) mass is 436 g/mol. The maximum Gasteiger partial charge on any atom is 0.193 e. The van der Waals surface area contributed by atoms with E-state index in [-0.39, 0.29) is 29.5 Å². The highest BCUT2D eigenvalue weighted by Crippen LogP contribution is 2.32. The van der Waals surface area contributed by atoms with E-state index in [1.807, 2.05) is 36.0 Å². The summed E-state index contributed by atoms with van der Waals surface area (Å²) in [4.78, 5) is 6.81. The molecule has 1 atom stereocenters. The number of hydrogen-bond acceptors (Lipinski definition) is 4. The van der Waals surface area contributed by atoms with Gasteiger partial charge in [-0.15, -0.1) is 24.0 Å². The highest BCUT2D eigenvalue weighted by molar-refractivity contribution is 14.0. The van der Waals surface area contributed by atoms with Crippen LogP contribution >= 0.6 is 35.7 Å². The van der Waals surface area contributed by atoms with Gasteiger partial charge in [0.05, 0.1) is 13.7 Å².